The second kappa shape index (κ2) is 14.0. The van der Waals surface area contributed by atoms with E-state index >= 15 is 0 Å². The Labute approximate surface area is 211 Å². The molecule has 1 fully saturated rings. The molecule has 192 valence electrons. The van der Waals surface area contributed by atoms with Crippen LogP contribution in [0.15, 0.2) is 48.5 Å². The molecular weight excluding hydrogens is 460 g/mol. The number of hydrogen-bond donors (Lipinski definition) is 6. The maximum absolute atomic E-state index is 12.3. The first-order chi connectivity index (χ1) is 16.9. The monoisotopic (exact) mass is 494 g/mol. The Hall–Kier alpha value is -3.71. The predicted octanol–water partition coefficient (Wildman–Crippen LogP) is 2.18. The third kappa shape index (κ3) is 8.50. The molecule has 0 heterocycles. The fraction of sp³-hybridized carbons (Fsp3) is 0.370. The van der Waals surface area contributed by atoms with Gasteiger partial charge in [-0.05, 0) is 68.3 Å². The highest BCUT2D eigenvalue weighted by Crippen LogP contribution is 2.17. The minimum atomic E-state index is -1.29. The summed E-state index contributed by atoms with van der Waals surface area (Å²) in [4.78, 5) is 36.0. The van der Waals surface area contributed by atoms with Crippen molar-refractivity contribution in [1.29, 1.82) is 0 Å². The third-order valence-corrected chi connectivity index (χ3v) is 5.74. The zero-order chi connectivity index (χ0) is 25.2. The number of carbonyl (C=O) groups is 3. The van der Waals surface area contributed by atoms with E-state index in [2.05, 4.69) is 27.8 Å². The van der Waals surface area contributed by atoms with Gasteiger partial charge in [0.2, 0.25) is 5.91 Å². The Bertz CT molecular complexity index is 1080. The number of aliphatic hydroxyl groups excluding tert-OH is 1. The predicted molar refractivity (Wildman–Crippen MR) is 137 cm³/mol. The molecule has 0 aromatic heterocycles. The Morgan fingerprint density at radius 3 is 2.06 bits per heavy atom. The van der Waals surface area contributed by atoms with Crippen LogP contribution in [0.2, 0.25) is 0 Å². The standard InChI is InChI=1S/C26H30N4O5.CH4/c1-17(31)24(26(34)30-35)29-25(33)20-12-8-18(9-13-20)6-7-19-10-14-22(15-11-19)28-23(32)16-27-21-4-2-3-5-21;/h8-15,17,21,24,27,31,35H,2-5,16H2,1H3,(H,28,32)(H,29,33)(H,30,34);1H4/t17-,24+;/m1./s1. The van der Waals surface area contributed by atoms with Crippen LogP contribution in [0.25, 0.3) is 0 Å². The summed E-state index contributed by atoms with van der Waals surface area (Å²) in [5.41, 5.74) is 3.84. The van der Waals surface area contributed by atoms with Crippen molar-refractivity contribution in [3.8, 4) is 11.8 Å². The van der Waals surface area contributed by atoms with Crippen LogP contribution >= 0.6 is 0 Å². The molecule has 0 bridgehead atoms. The van der Waals surface area contributed by atoms with Gasteiger partial charge in [0.25, 0.3) is 11.8 Å². The summed E-state index contributed by atoms with van der Waals surface area (Å²) in [6, 6.07) is 12.8. The molecule has 36 heavy (non-hydrogen) atoms. The molecule has 6 N–H and O–H groups in total. The Balaban J connectivity index is 0.00000456. The number of amides is 3. The summed E-state index contributed by atoms with van der Waals surface area (Å²) in [5, 5.41) is 26.9. The zero-order valence-corrected chi connectivity index (χ0v) is 19.5. The second-order valence-corrected chi connectivity index (χ2v) is 8.48. The molecule has 1 aliphatic carbocycles. The summed E-state index contributed by atoms with van der Waals surface area (Å²) in [6.07, 6.45) is 3.51. The lowest BCUT2D eigenvalue weighted by Gasteiger charge is -2.19. The van der Waals surface area contributed by atoms with Gasteiger partial charge < -0.3 is 21.1 Å². The highest BCUT2D eigenvalue weighted by molar-refractivity contribution is 5.97. The Kier molecular flexibility index (Phi) is 11.1. The smallest absolute Gasteiger partial charge is 0.268 e. The first-order valence-corrected chi connectivity index (χ1v) is 11.5. The average molecular weight is 495 g/mol. The molecule has 3 rings (SSSR count). The maximum Gasteiger partial charge on any atom is 0.268 e. The molecule has 2 aromatic carbocycles. The lowest BCUT2D eigenvalue weighted by atomic mass is 10.1. The molecule has 0 spiro atoms. The van der Waals surface area contributed by atoms with Crippen molar-refractivity contribution >= 4 is 23.4 Å². The van der Waals surface area contributed by atoms with Gasteiger partial charge in [0.05, 0.1) is 12.6 Å². The topological polar surface area (TPSA) is 140 Å². The molecule has 0 saturated heterocycles. The summed E-state index contributed by atoms with van der Waals surface area (Å²) >= 11 is 0. The summed E-state index contributed by atoms with van der Waals surface area (Å²) in [7, 11) is 0. The number of hydrogen-bond acceptors (Lipinski definition) is 6. The lowest BCUT2D eigenvalue weighted by Crippen LogP contribution is -2.51. The van der Waals surface area contributed by atoms with Crippen LogP contribution in [0.1, 0.15) is 61.5 Å². The van der Waals surface area contributed by atoms with Gasteiger partial charge in [0.1, 0.15) is 6.04 Å². The van der Waals surface area contributed by atoms with Crippen LogP contribution in [0, 0.1) is 11.8 Å². The summed E-state index contributed by atoms with van der Waals surface area (Å²) in [6.45, 7) is 1.63. The van der Waals surface area contributed by atoms with Gasteiger partial charge in [-0.25, -0.2) is 5.48 Å². The number of rotatable bonds is 8. The molecule has 1 aliphatic rings. The molecule has 9 heteroatoms. The number of benzene rings is 2. The molecule has 0 unspecified atom stereocenters. The van der Waals surface area contributed by atoms with Gasteiger partial charge in [0, 0.05) is 28.4 Å². The molecule has 0 radical (unpaired) electrons. The molecule has 2 aromatic rings. The van der Waals surface area contributed by atoms with E-state index in [1.807, 2.05) is 12.1 Å². The SMILES string of the molecule is C.C[C@@H](O)[C@H](NC(=O)c1ccc(C#Cc2ccc(NC(=O)CNC3CCCC3)cc2)cc1)C(=O)NO. The normalized spacial score (nSPS) is 14.4. The number of nitrogens with one attached hydrogen (secondary N) is 4. The van der Waals surface area contributed by atoms with Gasteiger partial charge >= 0.3 is 0 Å². The molecule has 1 saturated carbocycles. The van der Waals surface area contributed by atoms with Crippen molar-refractivity contribution in [2.24, 2.45) is 0 Å². The molecule has 0 aliphatic heterocycles. The highest BCUT2D eigenvalue weighted by atomic mass is 16.5. The first kappa shape index (κ1) is 28.5. The quantitative estimate of drug-likeness (QED) is 0.189. The summed E-state index contributed by atoms with van der Waals surface area (Å²) < 4.78 is 0. The van der Waals surface area contributed by atoms with Crippen LogP contribution in [0.5, 0.6) is 0 Å². The van der Waals surface area contributed by atoms with Gasteiger partial charge in [0.15, 0.2) is 0 Å². The maximum atomic E-state index is 12.3. The van der Waals surface area contributed by atoms with Crippen LogP contribution in [0.4, 0.5) is 5.69 Å². The molecule has 2 atom stereocenters. The first-order valence-electron chi connectivity index (χ1n) is 11.5. The van der Waals surface area contributed by atoms with Crippen molar-refractivity contribution in [2.75, 3.05) is 11.9 Å². The van der Waals surface area contributed by atoms with Crippen LogP contribution < -0.4 is 21.4 Å². The van der Waals surface area contributed by atoms with Crippen molar-refractivity contribution in [1.82, 2.24) is 16.1 Å². The Morgan fingerprint density at radius 2 is 1.53 bits per heavy atom. The minimum Gasteiger partial charge on any atom is -0.391 e. The van der Waals surface area contributed by atoms with E-state index in [4.69, 9.17) is 5.21 Å². The zero-order valence-electron chi connectivity index (χ0n) is 19.5. The number of hydroxylamine groups is 1. The van der Waals surface area contributed by atoms with Crippen molar-refractivity contribution in [3.05, 3.63) is 65.2 Å². The van der Waals surface area contributed by atoms with Crippen molar-refractivity contribution in [2.45, 2.75) is 58.2 Å². The van der Waals surface area contributed by atoms with E-state index in [1.165, 1.54) is 25.2 Å². The largest absolute Gasteiger partial charge is 0.391 e. The van der Waals surface area contributed by atoms with Gasteiger partial charge in [-0.15, -0.1) is 0 Å². The van der Waals surface area contributed by atoms with E-state index in [9.17, 15) is 19.5 Å². The van der Waals surface area contributed by atoms with E-state index in [1.54, 1.807) is 36.4 Å². The van der Waals surface area contributed by atoms with Crippen LogP contribution in [0.3, 0.4) is 0 Å². The third-order valence-electron chi connectivity index (χ3n) is 5.74. The van der Waals surface area contributed by atoms with Gasteiger partial charge in [-0.1, -0.05) is 32.1 Å². The van der Waals surface area contributed by atoms with E-state index in [-0.39, 0.29) is 18.9 Å². The molecule has 9 nitrogen and oxygen atoms in total. The summed E-state index contributed by atoms with van der Waals surface area (Å²) in [5.74, 6) is 4.48. The minimum absolute atomic E-state index is 0. The fourth-order valence-corrected chi connectivity index (χ4v) is 3.76. The van der Waals surface area contributed by atoms with E-state index in [0.29, 0.717) is 23.8 Å². The van der Waals surface area contributed by atoms with Gasteiger partial charge in [-0.3, -0.25) is 19.6 Å². The van der Waals surface area contributed by atoms with E-state index < -0.39 is 24.0 Å². The fourth-order valence-electron chi connectivity index (χ4n) is 3.76. The molecular formula is C27H34N4O5. The molecule has 3 amide bonds. The Morgan fingerprint density at radius 1 is 0.972 bits per heavy atom. The van der Waals surface area contributed by atoms with Crippen molar-refractivity contribution in [3.63, 3.8) is 0 Å². The highest BCUT2D eigenvalue weighted by Gasteiger charge is 2.25. The number of anilines is 1. The van der Waals surface area contributed by atoms with Crippen molar-refractivity contribution < 1.29 is 24.7 Å². The van der Waals surface area contributed by atoms with Crippen LogP contribution in [-0.4, -0.2) is 52.8 Å². The number of aliphatic hydroxyl groups is 1. The van der Waals surface area contributed by atoms with E-state index in [0.717, 1.165) is 18.4 Å². The number of carbonyl (C=O) groups excluding carboxylic acids is 3. The second-order valence-electron chi connectivity index (χ2n) is 8.48. The average Bonchev–Trinajstić information content (AvgIpc) is 3.39. The lowest BCUT2D eigenvalue weighted by molar-refractivity contribution is -0.133. The van der Waals surface area contributed by atoms with Crippen LogP contribution in [-0.2, 0) is 9.59 Å². The van der Waals surface area contributed by atoms with Gasteiger partial charge in [-0.2, -0.15) is 0 Å².